The summed E-state index contributed by atoms with van der Waals surface area (Å²) in [6.45, 7) is 0. The maximum absolute atomic E-state index is 6.00. The van der Waals surface area contributed by atoms with E-state index in [4.69, 9.17) is 16.3 Å². The number of methoxy groups -OCH3 is 1. The van der Waals surface area contributed by atoms with Gasteiger partial charge in [-0.25, -0.2) is 15.0 Å². The Kier molecular flexibility index (Phi) is 2.87. The molecule has 0 atom stereocenters. The first-order valence-electron chi connectivity index (χ1n) is 6.20. The average molecular weight is 317 g/mol. The van der Waals surface area contributed by atoms with Crippen LogP contribution in [0.15, 0.2) is 40.4 Å². The molecule has 3 heterocycles. The van der Waals surface area contributed by atoms with Gasteiger partial charge in [0.2, 0.25) is 5.88 Å². The second kappa shape index (κ2) is 4.75. The standard InChI is InChI=1S/C14H9ClN4OS/c1-20-11-5-4-9-13(19-11)21-14-12(16-9)17-10-6-7(15)2-3-8(10)18-14/h2-6H,1H3,(H,16,17). The lowest BCUT2D eigenvalue weighted by Crippen LogP contribution is -2.06. The molecular formula is C14H9ClN4OS. The van der Waals surface area contributed by atoms with Gasteiger partial charge in [0.1, 0.15) is 10.1 Å². The molecule has 0 bridgehead atoms. The molecule has 1 aliphatic heterocycles. The SMILES string of the molecule is COc1ccc2c(n1)Sc1nc3ccc(Cl)cc3nc1N2. The molecule has 1 aromatic carbocycles. The van der Waals surface area contributed by atoms with E-state index >= 15 is 0 Å². The predicted molar refractivity (Wildman–Crippen MR) is 82.7 cm³/mol. The maximum atomic E-state index is 6.00. The summed E-state index contributed by atoms with van der Waals surface area (Å²) >= 11 is 7.47. The van der Waals surface area contributed by atoms with Gasteiger partial charge in [-0.05, 0) is 36.0 Å². The summed E-state index contributed by atoms with van der Waals surface area (Å²) in [6.07, 6.45) is 0. The number of aromatic nitrogens is 3. The zero-order valence-corrected chi connectivity index (χ0v) is 12.5. The van der Waals surface area contributed by atoms with Crippen LogP contribution in [0.3, 0.4) is 0 Å². The van der Waals surface area contributed by atoms with Crippen LogP contribution in [0.25, 0.3) is 11.0 Å². The molecule has 0 saturated carbocycles. The van der Waals surface area contributed by atoms with Gasteiger partial charge < -0.3 is 10.1 Å². The van der Waals surface area contributed by atoms with E-state index in [1.54, 1.807) is 19.2 Å². The molecule has 0 fully saturated rings. The Morgan fingerprint density at radius 3 is 2.81 bits per heavy atom. The quantitative estimate of drug-likeness (QED) is 0.575. The van der Waals surface area contributed by atoms with E-state index in [-0.39, 0.29) is 0 Å². The number of rotatable bonds is 1. The van der Waals surface area contributed by atoms with Crippen LogP contribution in [-0.4, -0.2) is 22.1 Å². The third-order valence-electron chi connectivity index (χ3n) is 3.08. The molecule has 4 rings (SSSR count). The molecule has 21 heavy (non-hydrogen) atoms. The Morgan fingerprint density at radius 2 is 1.95 bits per heavy atom. The minimum atomic E-state index is 0.576. The number of nitrogens with zero attached hydrogens (tertiary/aromatic N) is 3. The zero-order valence-electron chi connectivity index (χ0n) is 10.9. The van der Waals surface area contributed by atoms with Gasteiger partial charge >= 0.3 is 0 Å². The molecule has 3 aromatic rings. The van der Waals surface area contributed by atoms with Crippen molar-refractivity contribution in [2.45, 2.75) is 10.1 Å². The van der Waals surface area contributed by atoms with Gasteiger partial charge in [-0.15, -0.1) is 0 Å². The average Bonchev–Trinajstić information content (AvgIpc) is 2.50. The Bertz CT molecular complexity index is 871. The Balaban J connectivity index is 1.84. The van der Waals surface area contributed by atoms with Crippen molar-refractivity contribution in [3.8, 4) is 5.88 Å². The fourth-order valence-corrected chi connectivity index (χ4v) is 3.14. The molecule has 0 amide bonds. The second-order valence-corrected chi connectivity index (χ2v) is 5.86. The van der Waals surface area contributed by atoms with E-state index in [1.807, 2.05) is 18.2 Å². The number of fused-ring (bicyclic) bond motifs is 3. The van der Waals surface area contributed by atoms with Crippen molar-refractivity contribution in [1.29, 1.82) is 0 Å². The van der Waals surface area contributed by atoms with Gasteiger partial charge in [-0.1, -0.05) is 11.6 Å². The zero-order chi connectivity index (χ0) is 14.4. The highest BCUT2D eigenvalue weighted by Gasteiger charge is 2.21. The number of nitrogens with one attached hydrogen (secondary N) is 1. The van der Waals surface area contributed by atoms with Gasteiger partial charge in [0.05, 0.1) is 23.8 Å². The maximum Gasteiger partial charge on any atom is 0.214 e. The number of ether oxygens (including phenoxy) is 1. The molecule has 0 aliphatic carbocycles. The van der Waals surface area contributed by atoms with Crippen LogP contribution in [0.2, 0.25) is 5.02 Å². The van der Waals surface area contributed by atoms with Gasteiger partial charge in [0.15, 0.2) is 5.82 Å². The summed E-state index contributed by atoms with van der Waals surface area (Å²) in [5.74, 6) is 1.29. The van der Waals surface area contributed by atoms with Gasteiger partial charge in [-0.3, -0.25) is 0 Å². The second-order valence-electron chi connectivity index (χ2n) is 4.44. The predicted octanol–water partition coefficient (Wildman–Crippen LogP) is 3.90. The van der Waals surface area contributed by atoms with Gasteiger partial charge in [-0.2, -0.15) is 0 Å². The lowest BCUT2D eigenvalue weighted by molar-refractivity contribution is 0.394. The number of halogens is 1. The normalized spacial score (nSPS) is 12.5. The first-order valence-corrected chi connectivity index (χ1v) is 7.39. The molecule has 5 nitrogen and oxygen atoms in total. The summed E-state index contributed by atoms with van der Waals surface area (Å²) < 4.78 is 5.15. The topological polar surface area (TPSA) is 59.9 Å². The van der Waals surface area contributed by atoms with Crippen LogP contribution in [0.1, 0.15) is 0 Å². The number of pyridine rings is 1. The summed E-state index contributed by atoms with van der Waals surface area (Å²) in [4.78, 5) is 13.6. The van der Waals surface area contributed by atoms with E-state index in [1.165, 1.54) is 11.8 Å². The third kappa shape index (κ3) is 2.16. The molecule has 104 valence electrons. The fourth-order valence-electron chi connectivity index (χ4n) is 2.09. The molecule has 7 heteroatoms. The minimum Gasteiger partial charge on any atom is -0.481 e. The van der Waals surface area contributed by atoms with E-state index in [0.717, 1.165) is 26.8 Å². The highest BCUT2D eigenvalue weighted by atomic mass is 35.5. The van der Waals surface area contributed by atoms with Crippen LogP contribution in [0.5, 0.6) is 5.88 Å². The van der Waals surface area contributed by atoms with Crippen molar-refractivity contribution >= 4 is 45.9 Å². The van der Waals surface area contributed by atoms with Crippen molar-refractivity contribution in [2.75, 3.05) is 12.4 Å². The highest BCUT2D eigenvalue weighted by molar-refractivity contribution is 7.99. The molecule has 1 aliphatic rings. The summed E-state index contributed by atoms with van der Waals surface area (Å²) in [5.41, 5.74) is 2.46. The van der Waals surface area contributed by atoms with Crippen molar-refractivity contribution in [2.24, 2.45) is 0 Å². The molecule has 2 aromatic heterocycles. The Morgan fingerprint density at radius 1 is 1.05 bits per heavy atom. The van der Waals surface area contributed by atoms with E-state index in [0.29, 0.717) is 16.7 Å². The number of hydrogen-bond acceptors (Lipinski definition) is 6. The summed E-state index contributed by atoms with van der Waals surface area (Å²) in [7, 11) is 1.60. The third-order valence-corrected chi connectivity index (χ3v) is 4.30. The first-order chi connectivity index (χ1) is 10.2. The number of benzene rings is 1. The molecule has 0 radical (unpaired) electrons. The molecular weight excluding hydrogens is 308 g/mol. The van der Waals surface area contributed by atoms with E-state index in [9.17, 15) is 0 Å². The molecule has 0 spiro atoms. The fraction of sp³-hybridized carbons (Fsp3) is 0.0714. The lowest BCUT2D eigenvalue weighted by atomic mass is 10.3. The molecule has 1 N–H and O–H groups in total. The summed E-state index contributed by atoms with van der Waals surface area (Å²) in [6, 6.07) is 9.20. The first kappa shape index (κ1) is 12.7. The van der Waals surface area contributed by atoms with Crippen molar-refractivity contribution in [3.05, 3.63) is 35.4 Å². The largest absolute Gasteiger partial charge is 0.481 e. The highest BCUT2D eigenvalue weighted by Crippen LogP contribution is 2.42. The Hall–Kier alpha value is -2.05. The minimum absolute atomic E-state index is 0.576. The van der Waals surface area contributed by atoms with Crippen LogP contribution in [0, 0.1) is 0 Å². The monoisotopic (exact) mass is 316 g/mol. The van der Waals surface area contributed by atoms with Gasteiger partial charge in [0.25, 0.3) is 0 Å². The number of hydrogen-bond donors (Lipinski definition) is 1. The smallest absolute Gasteiger partial charge is 0.214 e. The van der Waals surface area contributed by atoms with Crippen LogP contribution < -0.4 is 10.1 Å². The van der Waals surface area contributed by atoms with Crippen molar-refractivity contribution in [1.82, 2.24) is 15.0 Å². The van der Waals surface area contributed by atoms with E-state index in [2.05, 4.69) is 20.3 Å². The van der Waals surface area contributed by atoms with Crippen LogP contribution in [0.4, 0.5) is 11.5 Å². The lowest BCUT2D eigenvalue weighted by Gasteiger charge is -2.18. The molecule has 0 saturated heterocycles. The van der Waals surface area contributed by atoms with Gasteiger partial charge in [0, 0.05) is 11.1 Å². The van der Waals surface area contributed by atoms with Crippen LogP contribution >= 0.6 is 23.4 Å². The summed E-state index contributed by atoms with van der Waals surface area (Å²) in [5, 5.41) is 5.51. The molecule has 0 unspecified atom stereocenters. The number of anilines is 2. The van der Waals surface area contributed by atoms with Crippen LogP contribution in [-0.2, 0) is 0 Å². The van der Waals surface area contributed by atoms with E-state index < -0.39 is 0 Å². The van der Waals surface area contributed by atoms with Crippen molar-refractivity contribution in [3.63, 3.8) is 0 Å². The van der Waals surface area contributed by atoms with Crippen molar-refractivity contribution < 1.29 is 4.74 Å². The Labute approximate surface area is 129 Å².